The number of allylic oxidation sites excluding steroid dienone is 12. The van der Waals surface area contributed by atoms with Crippen LogP contribution in [0.4, 0.5) is 0 Å². The maximum absolute atomic E-state index is 7.01. The van der Waals surface area contributed by atoms with E-state index in [1.807, 2.05) is 0 Å². The Kier molecular flexibility index (Phi) is 7.19. The van der Waals surface area contributed by atoms with Gasteiger partial charge >= 0.3 is 0 Å². The van der Waals surface area contributed by atoms with Crippen molar-refractivity contribution < 1.29 is 9.47 Å². The molecule has 8 aliphatic carbocycles. The van der Waals surface area contributed by atoms with E-state index in [0.717, 1.165) is 25.7 Å². The van der Waals surface area contributed by atoms with Crippen molar-refractivity contribution in [3.05, 3.63) is 117 Å². The van der Waals surface area contributed by atoms with Crippen LogP contribution in [0.3, 0.4) is 0 Å². The Balaban J connectivity index is 1.05. The van der Waals surface area contributed by atoms with Gasteiger partial charge in [-0.1, -0.05) is 66.3 Å². The number of hydrogen-bond donors (Lipinski definition) is 0. The van der Waals surface area contributed by atoms with Gasteiger partial charge in [-0.15, -0.1) is 0 Å². The summed E-state index contributed by atoms with van der Waals surface area (Å²) in [4.78, 5) is 2.93. The third-order valence-electron chi connectivity index (χ3n) is 13.4. The first-order valence-electron chi connectivity index (χ1n) is 19.4. The van der Waals surface area contributed by atoms with Crippen molar-refractivity contribution in [1.82, 2.24) is 4.90 Å². The van der Waals surface area contributed by atoms with Crippen molar-refractivity contribution in [1.29, 1.82) is 0 Å². The van der Waals surface area contributed by atoms with Gasteiger partial charge in [0, 0.05) is 35.4 Å². The van der Waals surface area contributed by atoms with E-state index in [2.05, 4.69) is 71.7 Å². The van der Waals surface area contributed by atoms with Crippen molar-refractivity contribution in [3.8, 4) is 0 Å². The molecule has 2 aliphatic heterocycles. The molecule has 244 valence electrons. The summed E-state index contributed by atoms with van der Waals surface area (Å²) < 4.78 is 13.7. The van der Waals surface area contributed by atoms with Gasteiger partial charge in [0.05, 0.1) is 12.1 Å². The molecule has 0 saturated carbocycles. The second kappa shape index (κ2) is 11.7. The molecule has 8 unspecified atom stereocenters. The van der Waals surface area contributed by atoms with E-state index in [9.17, 15) is 0 Å². The van der Waals surface area contributed by atoms with Crippen LogP contribution in [0.5, 0.6) is 0 Å². The summed E-state index contributed by atoms with van der Waals surface area (Å²) in [5.41, 5.74) is 11.3. The van der Waals surface area contributed by atoms with E-state index in [1.165, 1.54) is 99.7 Å². The Morgan fingerprint density at radius 2 is 1.60 bits per heavy atom. The first-order chi connectivity index (χ1) is 23.3. The Hall–Kier alpha value is -3.20. The van der Waals surface area contributed by atoms with Gasteiger partial charge in [-0.25, -0.2) is 0 Å². The van der Waals surface area contributed by atoms with Crippen molar-refractivity contribution in [2.45, 2.75) is 127 Å². The van der Waals surface area contributed by atoms with E-state index in [0.29, 0.717) is 35.8 Å². The molecule has 0 N–H and O–H groups in total. The second-order valence-corrected chi connectivity index (χ2v) is 15.9. The summed E-state index contributed by atoms with van der Waals surface area (Å²) >= 11 is 0. The first-order valence-corrected chi connectivity index (χ1v) is 19.4. The van der Waals surface area contributed by atoms with Gasteiger partial charge in [0.1, 0.15) is 23.7 Å². The van der Waals surface area contributed by atoms with E-state index < -0.39 is 0 Å². The highest BCUT2D eigenvalue weighted by atomic mass is 16.5. The van der Waals surface area contributed by atoms with Gasteiger partial charge in [0.25, 0.3) is 0 Å². The number of rotatable bonds is 4. The molecular formula is C44H51NO2. The molecule has 3 heteroatoms. The van der Waals surface area contributed by atoms with E-state index in [4.69, 9.17) is 9.47 Å². The highest BCUT2D eigenvalue weighted by Crippen LogP contribution is 2.57. The lowest BCUT2D eigenvalue weighted by molar-refractivity contribution is 0.0876. The van der Waals surface area contributed by atoms with Crippen LogP contribution >= 0.6 is 0 Å². The topological polar surface area (TPSA) is 21.7 Å². The minimum absolute atomic E-state index is 0.215. The molecule has 0 spiro atoms. The van der Waals surface area contributed by atoms with Crippen LogP contribution in [-0.2, 0) is 9.47 Å². The fourth-order valence-electron chi connectivity index (χ4n) is 11.4. The van der Waals surface area contributed by atoms with Gasteiger partial charge in [-0.2, -0.15) is 0 Å². The average Bonchev–Trinajstić information content (AvgIpc) is 3.71. The molecule has 0 amide bonds. The smallest absolute Gasteiger partial charge is 0.123 e. The molecule has 0 aromatic carbocycles. The summed E-state index contributed by atoms with van der Waals surface area (Å²) in [5.74, 6) is 4.81. The van der Waals surface area contributed by atoms with Crippen molar-refractivity contribution in [3.63, 3.8) is 0 Å². The molecule has 10 rings (SSSR count). The van der Waals surface area contributed by atoms with E-state index in [1.54, 1.807) is 28.0 Å². The lowest BCUT2D eigenvalue weighted by atomic mass is 9.63. The van der Waals surface area contributed by atoms with E-state index in [-0.39, 0.29) is 12.1 Å². The third kappa shape index (κ3) is 4.72. The zero-order valence-electron chi connectivity index (χ0n) is 28.0. The number of nitrogens with zero attached hydrogens (tertiary/aromatic N) is 1. The van der Waals surface area contributed by atoms with Crippen molar-refractivity contribution in [2.75, 3.05) is 0 Å². The van der Waals surface area contributed by atoms with Gasteiger partial charge in [-0.05, 0) is 131 Å². The molecule has 10 aliphatic rings. The minimum atomic E-state index is 0.215. The minimum Gasteiger partial charge on any atom is -0.493 e. The molecule has 0 radical (unpaired) electrons. The number of fused-ring (bicyclic) bond motifs is 7. The average molecular weight is 626 g/mol. The highest BCUT2D eigenvalue weighted by molar-refractivity contribution is 5.52. The van der Waals surface area contributed by atoms with Gasteiger partial charge < -0.3 is 14.4 Å². The lowest BCUT2D eigenvalue weighted by Crippen LogP contribution is -2.48. The van der Waals surface area contributed by atoms with Crippen LogP contribution < -0.4 is 0 Å². The Morgan fingerprint density at radius 1 is 0.681 bits per heavy atom. The lowest BCUT2D eigenvalue weighted by Gasteiger charge is -2.50. The van der Waals surface area contributed by atoms with E-state index >= 15 is 0 Å². The first kappa shape index (κ1) is 28.8. The predicted molar refractivity (Wildman–Crippen MR) is 189 cm³/mol. The molecular weight excluding hydrogens is 574 g/mol. The monoisotopic (exact) mass is 625 g/mol. The third-order valence-corrected chi connectivity index (χ3v) is 13.4. The van der Waals surface area contributed by atoms with Crippen LogP contribution in [0.15, 0.2) is 117 Å². The maximum atomic E-state index is 7.01. The largest absolute Gasteiger partial charge is 0.493 e. The Bertz CT molecular complexity index is 1650. The SMILES string of the molecule is C1=CC2C3=C(CCC4=C3C3CCC=C(N(C5C=C(C6=CCCCC6)C=CC5)C5CC=CC6=C5OC5C=CCCC65)C3CC4)OC2CC1. The molecule has 3 nitrogen and oxygen atoms in total. The van der Waals surface area contributed by atoms with Crippen molar-refractivity contribution >= 4 is 0 Å². The van der Waals surface area contributed by atoms with Gasteiger partial charge in [-0.3, -0.25) is 0 Å². The van der Waals surface area contributed by atoms with Crippen LogP contribution in [0.1, 0.15) is 103 Å². The summed E-state index contributed by atoms with van der Waals surface area (Å²) in [6.45, 7) is 0. The predicted octanol–water partition coefficient (Wildman–Crippen LogP) is 10.4. The van der Waals surface area contributed by atoms with Crippen LogP contribution in [-0.4, -0.2) is 29.2 Å². The summed E-state index contributed by atoms with van der Waals surface area (Å²) in [6.07, 6.45) is 47.2. The number of ether oxygens (including phenoxy) is 2. The van der Waals surface area contributed by atoms with Crippen LogP contribution in [0.25, 0.3) is 0 Å². The highest BCUT2D eigenvalue weighted by Gasteiger charge is 2.49. The molecule has 0 bridgehead atoms. The van der Waals surface area contributed by atoms with Gasteiger partial charge in [0.2, 0.25) is 0 Å². The summed E-state index contributed by atoms with van der Waals surface area (Å²) in [7, 11) is 0. The van der Waals surface area contributed by atoms with Gasteiger partial charge in [0.15, 0.2) is 0 Å². The molecule has 0 aromatic rings. The summed E-state index contributed by atoms with van der Waals surface area (Å²) in [6, 6.07) is 0.622. The van der Waals surface area contributed by atoms with Crippen LogP contribution in [0, 0.1) is 23.7 Å². The molecule has 0 fully saturated rings. The van der Waals surface area contributed by atoms with Crippen LogP contribution in [0.2, 0.25) is 0 Å². The quantitative estimate of drug-likeness (QED) is 0.290. The fourth-order valence-corrected chi connectivity index (χ4v) is 11.4. The fraction of sp³-hybridized carbons (Fsp3) is 0.545. The molecule has 8 atom stereocenters. The van der Waals surface area contributed by atoms with Crippen molar-refractivity contribution in [2.24, 2.45) is 23.7 Å². The Morgan fingerprint density at radius 3 is 2.55 bits per heavy atom. The molecule has 2 heterocycles. The summed E-state index contributed by atoms with van der Waals surface area (Å²) in [5, 5.41) is 0. The molecule has 47 heavy (non-hydrogen) atoms. The zero-order chi connectivity index (χ0) is 30.9. The standard InChI is InChI=1S/C44H51NO2/c1-2-11-28(12-3-1)30-13-8-14-31(27-30)45(38-20-10-18-35-33-15-4-6-21-39(33)47-44(35)38)37-19-9-17-34-32(37)25-23-29-24-26-41-43(42(29)34)36-16-5-7-22-40(36)46-41/h5-6,8,10-11,13,16,18-19,21,27,31-34,36,38-40H,1-4,7,9,12,14-15,17,20,22-26H2. The number of hydrogen-bond acceptors (Lipinski definition) is 3. The second-order valence-electron chi connectivity index (χ2n) is 15.9. The normalized spacial score (nSPS) is 38.3. The Labute approximate surface area is 281 Å². The zero-order valence-corrected chi connectivity index (χ0v) is 28.0. The maximum Gasteiger partial charge on any atom is 0.123 e. The molecule has 0 aromatic heterocycles. The molecule has 0 saturated heterocycles.